The van der Waals surface area contributed by atoms with Crippen LogP contribution in [-0.4, -0.2) is 4.98 Å². The van der Waals surface area contributed by atoms with E-state index in [4.69, 9.17) is 18.2 Å². The highest BCUT2D eigenvalue weighted by Crippen LogP contribution is 2.30. The summed E-state index contributed by atoms with van der Waals surface area (Å²) in [6.45, 7) is 11.0. The molecule has 1 aromatic heterocycles. The monoisotopic (exact) mass is 242 g/mol. The zero-order chi connectivity index (χ0) is 12.4. The van der Waals surface area contributed by atoms with E-state index in [0.29, 0.717) is 5.69 Å². The number of pyridine rings is 1. The van der Waals surface area contributed by atoms with Crippen LogP contribution in [0.15, 0.2) is 30.3 Å². The van der Waals surface area contributed by atoms with Crippen molar-refractivity contribution in [2.24, 2.45) is 0 Å². The minimum absolute atomic E-state index is 0.265. The first-order valence-corrected chi connectivity index (χ1v) is 5.61. The first-order chi connectivity index (χ1) is 8.11. The first-order valence-electron chi connectivity index (χ1n) is 5.23. The molecule has 0 aliphatic rings. The van der Waals surface area contributed by atoms with Gasteiger partial charge in [-0.05, 0) is 25.5 Å². The second-order valence-electron chi connectivity index (χ2n) is 3.94. The van der Waals surface area contributed by atoms with Crippen LogP contribution in [0.25, 0.3) is 16.1 Å². The molecule has 2 rings (SSSR count). The Kier molecular flexibility index (Phi) is 3.12. The highest BCUT2D eigenvalue weighted by Gasteiger charge is 2.09. The SMILES string of the molecule is [C-]#[N+]c1cc(C)c(-c2ccc(C)cc2)nc1Cl. The second kappa shape index (κ2) is 4.57. The van der Waals surface area contributed by atoms with E-state index in [-0.39, 0.29) is 5.15 Å². The Bertz CT molecular complexity index is 595. The summed E-state index contributed by atoms with van der Waals surface area (Å²) in [7, 11) is 0. The van der Waals surface area contributed by atoms with Gasteiger partial charge in [0.25, 0.3) is 0 Å². The van der Waals surface area contributed by atoms with Crippen LogP contribution in [0, 0.1) is 20.4 Å². The molecule has 2 aromatic rings. The van der Waals surface area contributed by atoms with Gasteiger partial charge in [-0.15, -0.1) is 0 Å². The first kappa shape index (κ1) is 11.6. The van der Waals surface area contributed by atoms with Crippen molar-refractivity contribution in [3.8, 4) is 11.3 Å². The summed E-state index contributed by atoms with van der Waals surface area (Å²) in [5.41, 5.74) is 4.42. The van der Waals surface area contributed by atoms with Crippen LogP contribution in [-0.2, 0) is 0 Å². The van der Waals surface area contributed by atoms with Crippen LogP contribution >= 0.6 is 11.6 Å². The molecule has 0 bridgehead atoms. The lowest BCUT2D eigenvalue weighted by Crippen LogP contribution is -1.89. The molecule has 3 heteroatoms. The van der Waals surface area contributed by atoms with Gasteiger partial charge in [0.05, 0.1) is 12.3 Å². The van der Waals surface area contributed by atoms with E-state index in [0.717, 1.165) is 16.8 Å². The van der Waals surface area contributed by atoms with Crippen LogP contribution in [0.4, 0.5) is 5.69 Å². The van der Waals surface area contributed by atoms with Crippen LogP contribution in [0.1, 0.15) is 11.1 Å². The Hall–Kier alpha value is -1.85. The van der Waals surface area contributed by atoms with Crippen LogP contribution in [0.3, 0.4) is 0 Å². The summed E-state index contributed by atoms with van der Waals surface area (Å²) < 4.78 is 0. The molecule has 0 aliphatic heterocycles. The molecule has 0 atom stereocenters. The van der Waals surface area contributed by atoms with Gasteiger partial charge in [0.1, 0.15) is 5.15 Å². The van der Waals surface area contributed by atoms with Crippen molar-refractivity contribution in [2.45, 2.75) is 13.8 Å². The maximum absolute atomic E-state index is 6.98. The summed E-state index contributed by atoms with van der Waals surface area (Å²) in [4.78, 5) is 7.63. The van der Waals surface area contributed by atoms with Crippen LogP contribution in [0.5, 0.6) is 0 Å². The largest absolute Gasteiger partial charge is 0.248 e. The lowest BCUT2D eigenvalue weighted by atomic mass is 10.1. The fraction of sp³-hybridized carbons (Fsp3) is 0.143. The van der Waals surface area contributed by atoms with Gasteiger partial charge in [-0.25, -0.2) is 9.83 Å². The molecule has 0 spiro atoms. The molecule has 0 saturated heterocycles. The lowest BCUT2D eigenvalue weighted by molar-refractivity contribution is 1.27. The molecule has 0 N–H and O–H groups in total. The number of aromatic nitrogens is 1. The molecular weight excluding hydrogens is 232 g/mol. The Morgan fingerprint density at radius 1 is 1.18 bits per heavy atom. The number of aryl methyl sites for hydroxylation is 2. The molecule has 0 unspecified atom stereocenters. The second-order valence-corrected chi connectivity index (χ2v) is 4.30. The van der Waals surface area contributed by atoms with E-state index < -0.39 is 0 Å². The summed E-state index contributed by atoms with van der Waals surface area (Å²) in [6.07, 6.45) is 0. The van der Waals surface area contributed by atoms with E-state index in [9.17, 15) is 0 Å². The van der Waals surface area contributed by atoms with Crippen molar-refractivity contribution >= 4 is 17.3 Å². The fourth-order valence-electron chi connectivity index (χ4n) is 1.66. The summed E-state index contributed by atoms with van der Waals surface area (Å²) in [6, 6.07) is 9.87. The number of rotatable bonds is 1. The molecule has 1 aromatic carbocycles. The van der Waals surface area contributed by atoms with Crippen molar-refractivity contribution < 1.29 is 0 Å². The Morgan fingerprint density at radius 2 is 1.82 bits per heavy atom. The average molecular weight is 243 g/mol. The highest BCUT2D eigenvalue weighted by molar-refractivity contribution is 6.32. The normalized spacial score (nSPS) is 10.0. The standard InChI is InChI=1S/C14H11ClN2/c1-9-4-6-11(7-5-9)13-10(2)8-12(16-3)14(15)17-13/h4-8H,1-2H3. The molecule has 0 saturated carbocycles. The van der Waals surface area contributed by atoms with Gasteiger partial charge < -0.3 is 0 Å². The van der Waals surface area contributed by atoms with Crippen LogP contribution < -0.4 is 0 Å². The Labute approximate surface area is 106 Å². The molecule has 0 fully saturated rings. The zero-order valence-electron chi connectivity index (χ0n) is 9.66. The average Bonchev–Trinajstić information content (AvgIpc) is 2.33. The van der Waals surface area contributed by atoms with Crippen molar-refractivity contribution in [3.05, 3.63) is 58.0 Å². The topological polar surface area (TPSA) is 17.2 Å². The number of halogens is 1. The van der Waals surface area contributed by atoms with Crippen LogP contribution in [0.2, 0.25) is 5.15 Å². The molecule has 0 aliphatic carbocycles. The highest BCUT2D eigenvalue weighted by atomic mass is 35.5. The molecular formula is C14H11ClN2. The summed E-state index contributed by atoms with van der Waals surface area (Å²) in [5.74, 6) is 0. The van der Waals surface area contributed by atoms with Crippen molar-refractivity contribution in [3.63, 3.8) is 0 Å². The van der Waals surface area contributed by atoms with Gasteiger partial charge in [0.2, 0.25) is 5.69 Å². The number of hydrogen-bond acceptors (Lipinski definition) is 1. The van der Waals surface area contributed by atoms with E-state index in [1.807, 2.05) is 38.1 Å². The molecule has 1 heterocycles. The molecule has 17 heavy (non-hydrogen) atoms. The lowest BCUT2D eigenvalue weighted by Gasteiger charge is -2.07. The van der Waals surface area contributed by atoms with Gasteiger partial charge in [-0.2, -0.15) is 0 Å². The van der Waals surface area contributed by atoms with Crippen molar-refractivity contribution in [1.82, 2.24) is 4.98 Å². The Morgan fingerprint density at radius 3 is 2.41 bits per heavy atom. The molecule has 2 nitrogen and oxygen atoms in total. The van der Waals surface area contributed by atoms with E-state index in [1.54, 1.807) is 6.07 Å². The van der Waals surface area contributed by atoms with Gasteiger partial charge in [-0.3, -0.25) is 0 Å². The third-order valence-corrected chi connectivity index (χ3v) is 2.87. The van der Waals surface area contributed by atoms with Gasteiger partial charge in [-0.1, -0.05) is 41.4 Å². The minimum atomic E-state index is 0.265. The fourth-order valence-corrected chi connectivity index (χ4v) is 1.84. The van der Waals surface area contributed by atoms with E-state index in [2.05, 4.69) is 9.83 Å². The molecule has 0 amide bonds. The van der Waals surface area contributed by atoms with E-state index in [1.165, 1.54) is 5.56 Å². The van der Waals surface area contributed by atoms with Gasteiger partial charge in [0.15, 0.2) is 0 Å². The quantitative estimate of drug-likeness (QED) is 0.529. The number of nitrogens with zero attached hydrogens (tertiary/aromatic N) is 2. The molecule has 84 valence electrons. The predicted octanol–water partition coefficient (Wildman–Crippen LogP) is 4.57. The maximum Gasteiger partial charge on any atom is 0.223 e. The molecule has 0 radical (unpaired) electrons. The van der Waals surface area contributed by atoms with E-state index >= 15 is 0 Å². The summed E-state index contributed by atoms with van der Waals surface area (Å²) in [5, 5.41) is 0.265. The number of benzene rings is 1. The third-order valence-electron chi connectivity index (χ3n) is 2.59. The minimum Gasteiger partial charge on any atom is -0.248 e. The van der Waals surface area contributed by atoms with Crippen molar-refractivity contribution in [1.29, 1.82) is 0 Å². The summed E-state index contributed by atoms with van der Waals surface area (Å²) >= 11 is 5.96. The smallest absolute Gasteiger partial charge is 0.223 e. The third kappa shape index (κ3) is 2.30. The van der Waals surface area contributed by atoms with Gasteiger partial charge >= 0.3 is 0 Å². The predicted molar refractivity (Wildman–Crippen MR) is 70.4 cm³/mol. The van der Waals surface area contributed by atoms with Crippen molar-refractivity contribution in [2.75, 3.05) is 0 Å². The number of hydrogen-bond donors (Lipinski definition) is 0. The Balaban J connectivity index is 2.57. The maximum atomic E-state index is 6.98. The zero-order valence-corrected chi connectivity index (χ0v) is 10.4. The van der Waals surface area contributed by atoms with Gasteiger partial charge in [0, 0.05) is 5.56 Å².